The van der Waals surface area contributed by atoms with Crippen molar-refractivity contribution < 1.29 is 18.4 Å². The molecular weight excluding hydrogens is 264 g/mol. The van der Waals surface area contributed by atoms with Crippen molar-refractivity contribution in [3.8, 4) is 0 Å². The number of thiazole rings is 1. The van der Waals surface area contributed by atoms with Crippen LogP contribution in [-0.4, -0.2) is 40.2 Å². The Morgan fingerprint density at radius 3 is 2.72 bits per heavy atom. The van der Waals surface area contributed by atoms with Gasteiger partial charge in [-0.25, -0.2) is 13.8 Å². The summed E-state index contributed by atoms with van der Waals surface area (Å²) in [5.41, 5.74) is 5.00. The molecule has 5 nitrogen and oxygen atoms in total. The molecule has 1 aliphatic heterocycles. The molecule has 1 aliphatic rings. The average Bonchev–Trinajstić information content (AvgIpc) is 2.81. The van der Waals surface area contributed by atoms with Crippen molar-refractivity contribution in [2.75, 3.05) is 6.54 Å². The standard InChI is InChI=1S/C10H11F2N3O2S/c1-5-2-10(11,12)4-15(5)9(17)6-3-18-8(14-6)7(13)16/h3,5H,2,4H2,1H3,(H2,13,16). The molecule has 0 aromatic carbocycles. The molecule has 1 aromatic rings. The highest BCUT2D eigenvalue weighted by molar-refractivity contribution is 7.11. The lowest BCUT2D eigenvalue weighted by Gasteiger charge is -2.19. The van der Waals surface area contributed by atoms with Crippen LogP contribution < -0.4 is 5.73 Å². The van der Waals surface area contributed by atoms with E-state index < -0.39 is 30.3 Å². The van der Waals surface area contributed by atoms with Crippen LogP contribution in [0.3, 0.4) is 0 Å². The van der Waals surface area contributed by atoms with E-state index in [0.29, 0.717) is 0 Å². The van der Waals surface area contributed by atoms with E-state index in [2.05, 4.69) is 4.98 Å². The van der Waals surface area contributed by atoms with Crippen LogP contribution in [0.2, 0.25) is 0 Å². The van der Waals surface area contributed by atoms with Gasteiger partial charge < -0.3 is 10.6 Å². The highest BCUT2D eigenvalue weighted by Gasteiger charge is 2.45. The lowest BCUT2D eigenvalue weighted by Crippen LogP contribution is -2.35. The number of amides is 2. The molecule has 98 valence electrons. The van der Waals surface area contributed by atoms with Gasteiger partial charge in [-0.3, -0.25) is 9.59 Å². The van der Waals surface area contributed by atoms with E-state index in [0.717, 1.165) is 16.2 Å². The Bertz CT molecular complexity index is 503. The summed E-state index contributed by atoms with van der Waals surface area (Å²) in [4.78, 5) is 27.6. The van der Waals surface area contributed by atoms with E-state index in [1.807, 2.05) is 0 Å². The van der Waals surface area contributed by atoms with Crippen LogP contribution in [0.1, 0.15) is 33.6 Å². The third kappa shape index (κ3) is 2.33. The van der Waals surface area contributed by atoms with E-state index in [1.165, 1.54) is 5.38 Å². The Morgan fingerprint density at radius 1 is 1.61 bits per heavy atom. The van der Waals surface area contributed by atoms with Crippen LogP contribution in [0.15, 0.2) is 5.38 Å². The molecule has 1 atom stereocenters. The first-order chi connectivity index (χ1) is 8.30. The third-order valence-electron chi connectivity index (χ3n) is 2.72. The van der Waals surface area contributed by atoms with E-state index >= 15 is 0 Å². The number of carbonyl (C=O) groups excluding carboxylic acids is 2. The number of hydrogen-bond donors (Lipinski definition) is 1. The maximum Gasteiger partial charge on any atom is 0.277 e. The van der Waals surface area contributed by atoms with Gasteiger partial charge in [0.15, 0.2) is 5.01 Å². The summed E-state index contributed by atoms with van der Waals surface area (Å²) in [6.45, 7) is 0.941. The first-order valence-electron chi connectivity index (χ1n) is 5.24. The Kier molecular flexibility index (Phi) is 3.05. The topological polar surface area (TPSA) is 76.3 Å². The second-order valence-electron chi connectivity index (χ2n) is 4.24. The fourth-order valence-corrected chi connectivity index (χ4v) is 2.56. The van der Waals surface area contributed by atoms with Crippen molar-refractivity contribution in [2.45, 2.75) is 25.3 Å². The summed E-state index contributed by atoms with van der Waals surface area (Å²) in [5, 5.41) is 1.35. The fraction of sp³-hybridized carbons (Fsp3) is 0.500. The van der Waals surface area contributed by atoms with Crippen molar-refractivity contribution in [2.24, 2.45) is 5.73 Å². The van der Waals surface area contributed by atoms with Crippen LogP contribution >= 0.6 is 11.3 Å². The van der Waals surface area contributed by atoms with E-state index in [9.17, 15) is 18.4 Å². The van der Waals surface area contributed by atoms with Crippen LogP contribution in [0.5, 0.6) is 0 Å². The van der Waals surface area contributed by atoms with Crippen molar-refractivity contribution in [3.63, 3.8) is 0 Å². The monoisotopic (exact) mass is 275 g/mol. The van der Waals surface area contributed by atoms with Gasteiger partial charge in [0, 0.05) is 17.8 Å². The molecule has 0 bridgehead atoms. The molecule has 2 amide bonds. The fourth-order valence-electron chi connectivity index (χ4n) is 1.92. The highest BCUT2D eigenvalue weighted by Crippen LogP contribution is 2.32. The lowest BCUT2D eigenvalue weighted by molar-refractivity contribution is 0.0117. The maximum absolute atomic E-state index is 13.2. The molecule has 1 saturated heterocycles. The van der Waals surface area contributed by atoms with Gasteiger partial charge in [0.25, 0.3) is 17.7 Å². The summed E-state index contributed by atoms with van der Waals surface area (Å²) in [5.74, 6) is -4.19. The summed E-state index contributed by atoms with van der Waals surface area (Å²) < 4.78 is 26.3. The zero-order valence-corrected chi connectivity index (χ0v) is 10.3. The number of aromatic nitrogens is 1. The van der Waals surface area contributed by atoms with Gasteiger partial charge in [0.1, 0.15) is 5.69 Å². The quantitative estimate of drug-likeness (QED) is 0.878. The summed E-state index contributed by atoms with van der Waals surface area (Å²) in [6.07, 6.45) is -0.356. The molecule has 2 N–H and O–H groups in total. The second kappa shape index (κ2) is 4.27. The number of rotatable bonds is 2. The van der Waals surface area contributed by atoms with Crippen LogP contribution in [0, 0.1) is 0 Å². The Labute approximate surface area is 106 Å². The first kappa shape index (κ1) is 12.9. The summed E-state index contributed by atoms with van der Waals surface area (Å²) in [7, 11) is 0. The minimum Gasteiger partial charge on any atom is -0.364 e. The lowest BCUT2D eigenvalue weighted by atomic mass is 10.2. The van der Waals surface area contributed by atoms with E-state index in [4.69, 9.17) is 5.73 Å². The first-order valence-corrected chi connectivity index (χ1v) is 6.12. The minimum absolute atomic E-state index is 0.00281. The molecule has 0 radical (unpaired) electrons. The summed E-state index contributed by atoms with van der Waals surface area (Å²) >= 11 is 0.925. The van der Waals surface area contributed by atoms with Gasteiger partial charge in [-0.1, -0.05) is 0 Å². The zero-order chi connectivity index (χ0) is 13.5. The number of likely N-dealkylation sites (tertiary alicyclic amines) is 1. The predicted octanol–water partition coefficient (Wildman–Crippen LogP) is 1.11. The molecule has 8 heteroatoms. The molecule has 1 fully saturated rings. The Hall–Kier alpha value is -1.57. The van der Waals surface area contributed by atoms with Gasteiger partial charge in [-0.05, 0) is 6.92 Å². The van der Waals surface area contributed by atoms with E-state index in [1.54, 1.807) is 6.92 Å². The number of hydrogen-bond acceptors (Lipinski definition) is 4. The minimum atomic E-state index is -2.86. The van der Waals surface area contributed by atoms with Gasteiger partial charge in [0.2, 0.25) is 0 Å². The number of halogens is 2. The van der Waals surface area contributed by atoms with Crippen molar-refractivity contribution in [3.05, 3.63) is 16.1 Å². The number of nitrogens with zero attached hydrogens (tertiary/aromatic N) is 2. The highest BCUT2D eigenvalue weighted by atomic mass is 32.1. The van der Waals surface area contributed by atoms with Crippen molar-refractivity contribution in [1.82, 2.24) is 9.88 Å². The molecule has 2 heterocycles. The normalized spacial score (nSPS) is 22.2. The molecule has 0 spiro atoms. The van der Waals surface area contributed by atoms with Gasteiger partial charge in [-0.2, -0.15) is 0 Å². The Balaban J connectivity index is 2.19. The van der Waals surface area contributed by atoms with Gasteiger partial charge in [0.05, 0.1) is 6.54 Å². The largest absolute Gasteiger partial charge is 0.364 e. The number of nitrogens with two attached hydrogens (primary N) is 1. The SMILES string of the molecule is CC1CC(F)(F)CN1C(=O)c1csc(C(N)=O)n1. The maximum atomic E-state index is 13.2. The second-order valence-corrected chi connectivity index (χ2v) is 5.10. The van der Waals surface area contributed by atoms with Crippen LogP contribution in [0.25, 0.3) is 0 Å². The molecule has 1 aromatic heterocycles. The molecule has 0 saturated carbocycles. The van der Waals surface area contributed by atoms with Gasteiger partial charge >= 0.3 is 0 Å². The van der Waals surface area contributed by atoms with Gasteiger partial charge in [-0.15, -0.1) is 11.3 Å². The molecule has 0 aliphatic carbocycles. The molecule has 18 heavy (non-hydrogen) atoms. The van der Waals surface area contributed by atoms with Crippen LogP contribution in [0.4, 0.5) is 8.78 Å². The predicted molar refractivity (Wildman–Crippen MR) is 60.7 cm³/mol. The smallest absolute Gasteiger partial charge is 0.277 e. The number of carbonyl (C=O) groups is 2. The molecule has 2 rings (SSSR count). The Morgan fingerprint density at radius 2 is 2.28 bits per heavy atom. The third-order valence-corrected chi connectivity index (χ3v) is 3.58. The van der Waals surface area contributed by atoms with E-state index in [-0.39, 0.29) is 17.1 Å². The van der Waals surface area contributed by atoms with Crippen molar-refractivity contribution >= 4 is 23.2 Å². The number of primary amides is 1. The van der Waals surface area contributed by atoms with Crippen LogP contribution in [-0.2, 0) is 0 Å². The average molecular weight is 275 g/mol. The van der Waals surface area contributed by atoms with Crippen molar-refractivity contribution in [1.29, 1.82) is 0 Å². The zero-order valence-electron chi connectivity index (χ0n) is 9.52. The summed E-state index contributed by atoms with van der Waals surface area (Å²) in [6, 6.07) is -0.550. The molecule has 1 unspecified atom stereocenters. The molecular formula is C10H11F2N3O2S. The number of alkyl halides is 2.